The third kappa shape index (κ3) is 5.27. The van der Waals surface area contributed by atoms with Crippen molar-refractivity contribution in [1.29, 1.82) is 0 Å². The first kappa shape index (κ1) is 20.8. The van der Waals surface area contributed by atoms with E-state index < -0.39 is 9.84 Å². The fourth-order valence-corrected chi connectivity index (χ4v) is 4.76. The van der Waals surface area contributed by atoms with Gasteiger partial charge in [0.15, 0.2) is 9.84 Å². The lowest BCUT2D eigenvalue weighted by Gasteiger charge is -2.17. The van der Waals surface area contributed by atoms with Crippen LogP contribution in [0.5, 0.6) is 11.5 Å². The summed E-state index contributed by atoms with van der Waals surface area (Å²) in [6.07, 6.45) is 0. The van der Waals surface area contributed by atoms with Crippen LogP contribution in [0.25, 0.3) is 0 Å². The van der Waals surface area contributed by atoms with Crippen molar-refractivity contribution in [3.05, 3.63) is 52.0 Å². The predicted molar refractivity (Wildman–Crippen MR) is 104 cm³/mol. The Labute approximate surface area is 164 Å². The summed E-state index contributed by atoms with van der Waals surface area (Å²) in [7, 11) is 1.61. The lowest BCUT2D eigenvalue weighted by molar-refractivity contribution is -0.891. The summed E-state index contributed by atoms with van der Waals surface area (Å²) in [5, 5.41) is 0.528. The predicted octanol–water partition coefficient (Wildman–Crippen LogP) is 2.50. The van der Waals surface area contributed by atoms with Crippen LogP contribution in [-0.2, 0) is 16.4 Å². The van der Waals surface area contributed by atoms with E-state index in [2.05, 4.69) is 0 Å². The second-order valence-corrected chi connectivity index (χ2v) is 8.88. The molecule has 2 aromatic rings. The van der Waals surface area contributed by atoms with Gasteiger partial charge in [0.2, 0.25) is 0 Å². The molecule has 26 heavy (non-hydrogen) atoms. The third-order valence-corrected chi connectivity index (χ3v) is 6.44. The fourth-order valence-electron chi connectivity index (χ4n) is 2.55. The third-order valence-electron chi connectivity index (χ3n) is 4.01. The Morgan fingerprint density at radius 2 is 1.77 bits per heavy atom. The average Bonchev–Trinajstić information content (AvgIpc) is 2.62. The largest absolute Gasteiger partial charge is 0.497 e. The standard InChI is InChI=1S/C18H21Cl2NO4S/c1-21(12-13-4-6-15(24-2)11-17(13)25-3)8-9-26(22,23)18-10-14(19)5-7-16(18)20/h4-7,10-11H,8-9,12H2,1-3H3/p+1. The molecule has 0 aliphatic heterocycles. The molecule has 8 heteroatoms. The minimum atomic E-state index is -3.52. The molecule has 142 valence electrons. The van der Waals surface area contributed by atoms with Crippen LogP contribution in [0, 0.1) is 0 Å². The first-order valence-electron chi connectivity index (χ1n) is 7.97. The number of hydrogen-bond acceptors (Lipinski definition) is 4. The molecule has 1 N–H and O–H groups in total. The summed E-state index contributed by atoms with van der Waals surface area (Å²) >= 11 is 11.9. The van der Waals surface area contributed by atoms with Crippen molar-refractivity contribution in [2.75, 3.05) is 33.6 Å². The van der Waals surface area contributed by atoms with Crippen molar-refractivity contribution in [2.24, 2.45) is 0 Å². The van der Waals surface area contributed by atoms with Crippen LogP contribution in [0.1, 0.15) is 5.56 Å². The van der Waals surface area contributed by atoms with Gasteiger partial charge in [-0.2, -0.15) is 0 Å². The van der Waals surface area contributed by atoms with Crippen LogP contribution >= 0.6 is 23.2 Å². The van der Waals surface area contributed by atoms with E-state index in [0.29, 0.717) is 29.6 Å². The SMILES string of the molecule is COc1ccc(C[NH+](C)CCS(=O)(=O)c2cc(Cl)ccc2Cl)c(OC)c1. The van der Waals surface area contributed by atoms with Crippen molar-refractivity contribution < 1.29 is 22.8 Å². The summed E-state index contributed by atoms with van der Waals surface area (Å²) in [6, 6.07) is 10.0. The molecule has 0 heterocycles. The fraction of sp³-hybridized carbons (Fsp3) is 0.333. The average molecular weight is 419 g/mol. The molecule has 0 aliphatic carbocycles. The van der Waals surface area contributed by atoms with Crippen LogP contribution < -0.4 is 14.4 Å². The zero-order chi connectivity index (χ0) is 19.3. The van der Waals surface area contributed by atoms with Crippen LogP contribution in [-0.4, -0.2) is 42.0 Å². The summed E-state index contributed by atoms with van der Waals surface area (Å²) in [4.78, 5) is 1.09. The quantitative estimate of drug-likeness (QED) is 0.715. The van der Waals surface area contributed by atoms with E-state index in [9.17, 15) is 8.42 Å². The lowest BCUT2D eigenvalue weighted by atomic mass is 10.2. The number of sulfone groups is 1. The van der Waals surface area contributed by atoms with Crippen LogP contribution in [0.15, 0.2) is 41.3 Å². The van der Waals surface area contributed by atoms with E-state index in [1.54, 1.807) is 20.3 Å². The first-order chi connectivity index (χ1) is 12.3. The molecule has 0 amide bonds. The van der Waals surface area contributed by atoms with Crippen LogP contribution in [0.3, 0.4) is 0 Å². The van der Waals surface area contributed by atoms with Gasteiger partial charge in [-0.05, 0) is 30.3 Å². The van der Waals surface area contributed by atoms with Crippen molar-refractivity contribution in [3.63, 3.8) is 0 Å². The molecular weight excluding hydrogens is 397 g/mol. The monoisotopic (exact) mass is 418 g/mol. The summed E-state index contributed by atoms with van der Waals surface area (Å²) < 4.78 is 35.7. The van der Waals surface area contributed by atoms with Crippen molar-refractivity contribution in [2.45, 2.75) is 11.4 Å². The molecule has 2 aromatic carbocycles. The van der Waals surface area contributed by atoms with Crippen molar-refractivity contribution >= 4 is 33.0 Å². The zero-order valence-corrected chi connectivity index (χ0v) is 17.2. The molecule has 0 saturated heterocycles. The molecule has 1 atom stereocenters. The first-order valence-corrected chi connectivity index (χ1v) is 10.4. The molecule has 0 aliphatic rings. The lowest BCUT2D eigenvalue weighted by Crippen LogP contribution is -3.08. The van der Waals surface area contributed by atoms with Gasteiger partial charge in [0.05, 0.1) is 37.7 Å². The number of halogens is 2. The van der Waals surface area contributed by atoms with Crippen LogP contribution in [0.4, 0.5) is 0 Å². The van der Waals surface area contributed by atoms with Gasteiger partial charge in [-0.25, -0.2) is 8.42 Å². The van der Waals surface area contributed by atoms with E-state index >= 15 is 0 Å². The van der Waals surface area contributed by atoms with Crippen LogP contribution in [0.2, 0.25) is 10.0 Å². The maximum atomic E-state index is 12.6. The van der Waals surface area contributed by atoms with E-state index in [-0.39, 0.29) is 15.7 Å². The molecule has 0 fully saturated rings. The van der Waals surface area contributed by atoms with Gasteiger partial charge in [-0.1, -0.05) is 23.2 Å². The number of rotatable bonds is 8. The van der Waals surface area contributed by atoms with Gasteiger partial charge in [0.25, 0.3) is 0 Å². The molecule has 1 unspecified atom stereocenters. The van der Waals surface area contributed by atoms with E-state index in [0.717, 1.165) is 10.5 Å². The number of hydrogen-bond donors (Lipinski definition) is 1. The second kappa shape index (κ2) is 8.95. The summed E-state index contributed by atoms with van der Waals surface area (Å²) in [6.45, 7) is 1.03. The van der Waals surface area contributed by atoms with Crippen molar-refractivity contribution in [3.8, 4) is 11.5 Å². The van der Waals surface area contributed by atoms with Gasteiger partial charge in [-0.15, -0.1) is 0 Å². The number of benzene rings is 2. The topological polar surface area (TPSA) is 57.0 Å². The number of nitrogens with one attached hydrogen (secondary N) is 1. The van der Waals surface area contributed by atoms with Gasteiger partial charge < -0.3 is 14.4 Å². The van der Waals surface area contributed by atoms with Gasteiger partial charge in [-0.3, -0.25) is 0 Å². The second-order valence-electron chi connectivity index (χ2n) is 5.96. The van der Waals surface area contributed by atoms with Gasteiger partial charge in [0, 0.05) is 16.7 Å². The Morgan fingerprint density at radius 1 is 1.04 bits per heavy atom. The molecule has 0 aromatic heterocycles. The molecule has 0 saturated carbocycles. The highest BCUT2D eigenvalue weighted by molar-refractivity contribution is 7.91. The van der Waals surface area contributed by atoms with Gasteiger partial charge >= 0.3 is 0 Å². The minimum Gasteiger partial charge on any atom is -0.497 e. The van der Waals surface area contributed by atoms with Gasteiger partial charge in [0.1, 0.15) is 23.8 Å². The molecule has 5 nitrogen and oxygen atoms in total. The summed E-state index contributed by atoms with van der Waals surface area (Å²) in [5.41, 5.74) is 0.976. The van der Waals surface area contributed by atoms with Crippen molar-refractivity contribution in [1.82, 2.24) is 0 Å². The normalized spacial score (nSPS) is 12.7. The molecule has 0 radical (unpaired) electrons. The Balaban J connectivity index is 2.06. The molecule has 2 rings (SSSR count). The molecular formula is C18H22Cl2NO4S+. The minimum absolute atomic E-state index is 0.0304. The van der Waals surface area contributed by atoms with E-state index in [4.69, 9.17) is 32.7 Å². The molecule has 0 spiro atoms. The number of methoxy groups -OCH3 is 2. The highest BCUT2D eigenvalue weighted by atomic mass is 35.5. The number of ether oxygens (including phenoxy) is 2. The highest BCUT2D eigenvalue weighted by Gasteiger charge is 2.21. The summed E-state index contributed by atoms with van der Waals surface area (Å²) in [5.74, 6) is 1.39. The molecule has 0 bridgehead atoms. The van der Waals surface area contributed by atoms with E-state index in [1.165, 1.54) is 12.1 Å². The highest BCUT2D eigenvalue weighted by Crippen LogP contribution is 2.26. The Morgan fingerprint density at radius 3 is 2.42 bits per heavy atom. The van der Waals surface area contributed by atoms with E-state index in [1.807, 2.05) is 25.2 Å². The zero-order valence-electron chi connectivity index (χ0n) is 14.9. The maximum Gasteiger partial charge on any atom is 0.185 e. The Bertz CT molecular complexity index is 871. The maximum absolute atomic E-state index is 12.6. The Hall–Kier alpha value is -1.47. The smallest absolute Gasteiger partial charge is 0.185 e. The Kier molecular flexibility index (Phi) is 7.17. The number of quaternary nitrogens is 1.